The summed E-state index contributed by atoms with van der Waals surface area (Å²) in [7, 11) is 0. The van der Waals surface area contributed by atoms with Crippen molar-refractivity contribution >= 4 is 52.1 Å². The van der Waals surface area contributed by atoms with Gasteiger partial charge in [0, 0.05) is 41.1 Å². The molecule has 2 aliphatic heterocycles. The highest BCUT2D eigenvalue weighted by Gasteiger charge is 2.29. The maximum Gasteiger partial charge on any atom is 0.276 e. The predicted octanol–water partition coefficient (Wildman–Crippen LogP) is 6.65. The van der Waals surface area contributed by atoms with E-state index in [1.54, 1.807) is 30.0 Å². The van der Waals surface area contributed by atoms with Crippen LogP contribution in [0.5, 0.6) is 0 Å². The molecule has 6 rings (SSSR count). The first kappa shape index (κ1) is 26.5. The first-order chi connectivity index (χ1) is 19.4. The summed E-state index contributed by atoms with van der Waals surface area (Å²) in [4.78, 5) is 37.3. The van der Waals surface area contributed by atoms with Gasteiger partial charge in [0.15, 0.2) is 0 Å². The Morgan fingerprint density at radius 3 is 2.70 bits per heavy atom. The van der Waals surface area contributed by atoms with Crippen LogP contribution in [0.2, 0.25) is 0 Å². The van der Waals surface area contributed by atoms with Crippen molar-refractivity contribution < 1.29 is 14.0 Å². The average Bonchev–Trinajstić information content (AvgIpc) is 3.33. The van der Waals surface area contributed by atoms with Gasteiger partial charge in [-0.05, 0) is 61.7 Å². The molecule has 0 saturated carbocycles. The number of amides is 2. The Balaban J connectivity index is 1.29. The lowest BCUT2D eigenvalue weighted by Crippen LogP contribution is -2.41. The van der Waals surface area contributed by atoms with Gasteiger partial charge in [-0.1, -0.05) is 36.4 Å². The number of hydrogen-bond acceptors (Lipinski definition) is 6. The molecular formula is C31H29FN4O2S2. The molecule has 2 amide bonds. The number of fused-ring (bicyclic) bond motifs is 3. The summed E-state index contributed by atoms with van der Waals surface area (Å²) in [5.74, 6) is 1.98. The van der Waals surface area contributed by atoms with Gasteiger partial charge in [0.25, 0.3) is 11.8 Å². The average molecular weight is 573 g/mol. The Kier molecular flexibility index (Phi) is 7.33. The number of aromatic nitrogens is 1. The summed E-state index contributed by atoms with van der Waals surface area (Å²) in [6.07, 6.45) is 0.582. The van der Waals surface area contributed by atoms with Crippen LogP contribution in [0.3, 0.4) is 0 Å². The molecule has 40 heavy (non-hydrogen) atoms. The van der Waals surface area contributed by atoms with Crippen LogP contribution in [0, 0.1) is 12.7 Å². The molecule has 1 unspecified atom stereocenters. The number of hydrogen-bond donors (Lipinski definition) is 1. The Morgan fingerprint density at radius 2 is 1.88 bits per heavy atom. The van der Waals surface area contributed by atoms with Crippen LogP contribution in [-0.2, 0) is 6.42 Å². The van der Waals surface area contributed by atoms with E-state index in [1.165, 1.54) is 17.4 Å². The Bertz CT molecular complexity index is 1580. The van der Waals surface area contributed by atoms with Crippen molar-refractivity contribution in [1.29, 1.82) is 0 Å². The van der Waals surface area contributed by atoms with Crippen molar-refractivity contribution in [1.82, 2.24) is 4.98 Å². The van der Waals surface area contributed by atoms with E-state index in [2.05, 4.69) is 17.1 Å². The number of nitrogens with one attached hydrogen (secondary N) is 1. The largest absolute Gasteiger partial charge is 0.352 e. The fourth-order valence-corrected chi connectivity index (χ4v) is 7.45. The Labute approximate surface area is 241 Å². The number of thioether (sulfide) groups is 1. The first-order valence-corrected chi connectivity index (χ1v) is 15.3. The monoisotopic (exact) mass is 572 g/mol. The summed E-state index contributed by atoms with van der Waals surface area (Å²) < 4.78 is 14.4. The molecule has 2 aromatic heterocycles. The topological polar surface area (TPSA) is 65.5 Å². The lowest BCUT2D eigenvalue weighted by Gasteiger charge is -2.34. The Morgan fingerprint density at radius 1 is 1.05 bits per heavy atom. The number of para-hydroxylation sites is 2. The molecule has 9 heteroatoms. The molecule has 0 spiro atoms. The van der Waals surface area contributed by atoms with E-state index in [0.29, 0.717) is 35.1 Å². The third-order valence-corrected chi connectivity index (χ3v) is 9.80. The SMILES string of the molecule is Cc1cccc(F)c1NC(=O)c1cc2c(s1)-c1ccccc1N(C(=O)c1cccc(N3CCSCC3C)n1)CC2. The van der Waals surface area contributed by atoms with Gasteiger partial charge >= 0.3 is 0 Å². The molecule has 4 heterocycles. The van der Waals surface area contributed by atoms with Gasteiger partial charge in [-0.2, -0.15) is 11.8 Å². The molecule has 1 saturated heterocycles. The maximum atomic E-state index is 14.4. The first-order valence-electron chi connectivity index (χ1n) is 13.3. The quantitative estimate of drug-likeness (QED) is 0.297. The molecule has 0 bridgehead atoms. The third kappa shape index (κ3) is 4.99. The van der Waals surface area contributed by atoms with Gasteiger partial charge < -0.3 is 15.1 Å². The second kappa shape index (κ2) is 11.1. The van der Waals surface area contributed by atoms with Gasteiger partial charge in [-0.3, -0.25) is 9.59 Å². The van der Waals surface area contributed by atoms with Gasteiger partial charge in [0.1, 0.15) is 17.3 Å². The Hall–Kier alpha value is -3.69. The number of halogens is 1. The summed E-state index contributed by atoms with van der Waals surface area (Å²) in [5.41, 5.74) is 3.96. The minimum absolute atomic E-state index is 0.142. The van der Waals surface area contributed by atoms with Crippen LogP contribution in [0.15, 0.2) is 66.7 Å². The molecule has 0 aliphatic carbocycles. The zero-order valence-corrected chi connectivity index (χ0v) is 23.9. The normalized spacial score (nSPS) is 16.6. The van der Waals surface area contributed by atoms with E-state index in [1.807, 2.05) is 54.2 Å². The van der Waals surface area contributed by atoms with Crippen LogP contribution in [0.4, 0.5) is 21.6 Å². The maximum absolute atomic E-state index is 14.4. The molecule has 6 nitrogen and oxygen atoms in total. The number of aryl methyl sites for hydroxylation is 1. The van der Waals surface area contributed by atoms with E-state index in [4.69, 9.17) is 4.98 Å². The van der Waals surface area contributed by atoms with Crippen molar-refractivity contribution in [2.45, 2.75) is 26.3 Å². The molecule has 2 aromatic carbocycles. The second-order valence-corrected chi connectivity index (χ2v) is 12.3. The van der Waals surface area contributed by atoms with Crippen molar-refractivity contribution in [2.24, 2.45) is 0 Å². The summed E-state index contributed by atoms with van der Waals surface area (Å²) in [6.45, 7) is 5.32. The fraction of sp³-hybridized carbons (Fsp3) is 0.258. The molecule has 4 aromatic rings. The molecular weight excluding hydrogens is 543 g/mol. The van der Waals surface area contributed by atoms with Crippen LogP contribution in [0.1, 0.15) is 38.2 Å². The van der Waals surface area contributed by atoms with E-state index >= 15 is 0 Å². The molecule has 1 N–H and O–H groups in total. The zero-order chi connectivity index (χ0) is 27.8. The highest BCUT2D eigenvalue weighted by molar-refractivity contribution is 7.99. The summed E-state index contributed by atoms with van der Waals surface area (Å²) in [6, 6.07) is 20.4. The van der Waals surface area contributed by atoms with Gasteiger partial charge in [-0.15, -0.1) is 11.3 Å². The van der Waals surface area contributed by atoms with Gasteiger partial charge in [0.2, 0.25) is 0 Å². The minimum Gasteiger partial charge on any atom is -0.352 e. The van der Waals surface area contributed by atoms with Crippen molar-refractivity contribution in [3.05, 3.63) is 94.2 Å². The van der Waals surface area contributed by atoms with Crippen molar-refractivity contribution in [2.75, 3.05) is 39.7 Å². The number of anilines is 3. The lowest BCUT2D eigenvalue weighted by molar-refractivity contribution is 0.0981. The highest BCUT2D eigenvalue weighted by atomic mass is 32.2. The highest BCUT2D eigenvalue weighted by Crippen LogP contribution is 2.42. The number of pyridine rings is 1. The molecule has 204 valence electrons. The predicted molar refractivity (Wildman–Crippen MR) is 163 cm³/mol. The number of benzene rings is 2. The van der Waals surface area contributed by atoms with Crippen LogP contribution < -0.4 is 15.1 Å². The van der Waals surface area contributed by atoms with Crippen LogP contribution in [0.25, 0.3) is 10.4 Å². The number of rotatable bonds is 4. The van der Waals surface area contributed by atoms with Crippen LogP contribution >= 0.6 is 23.1 Å². The molecule has 1 fully saturated rings. The van der Waals surface area contributed by atoms with Gasteiger partial charge in [-0.25, -0.2) is 9.37 Å². The van der Waals surface area contributed by atoms with E-state index in [9.17, 15) is 14.0 Å². The number of nitrogens with zero attached hydrogens (tertiary/aromatic N) is 3. The zero-order valence-electron chi connectivity index (χ0n) is 22.3. The third-order valence-electron chi connectivity index (χ3n) is 7.40. The fourth-order valence-electron chi connectivity index (χ4n) is 5.29. The standard InChI is InChI=1S/C31H29FN4O2S2/c1-19-7-5-9-23(32)28(19)34-30(37)26-17-21-13-14-36(25-11-4-3-8-22(25)29(21)40-26)31(38)24-10-6-12-27(33-24)35-15-16-39-18-20(35)2/h3-12,17,20H,13-16,18H2,1-2H3,(H,34,37). The molecule has 1 atom stereocenters. The number of thiophene rings is 1. The molecule has 2 aliphatic rings. The van der Waals surface area contributed by atoms with E-state index in [0.717, 1.165) is 45.6 Å². The van der Waals surface area contributed by atoms with Gasteiger partial charge in [0.05, 0.1) is 16.3 Å². The minimum atomic E-state index is -0.461. The smallest absolute Gasteiger partial charge is 0.276 e. The summed E-state index contributed by atoms with van der Waals surface area (Å²) in [5, 5.41) is 2.75. The lowest BCUT2D eigenvalue weighted by atomic mass is 10.1. The molecule has 0 radical (unpaired) electrons. The van der Waals surface area contributed by atoms with Crippen molar-refractivity contribution in [3.8, 4) is 10.4 Å². The number of carbonyl (C=O) groups is 2. The summed E-state index contributed by atoms with van der Waals surface area (Å²) >= 11 is 3.31. The second-order valence-electron chi connectivity index (χ2n) is 10.1. The van der Waals surface area contributed by atoms with Crippen molar-refractivity contribution in [3.63, 3.8) is 0 Å². The van der Waals surface area contributed by atoms with Crippen LogP contribution in [-0.4, -0.2) is 47.4 Å². The van der Waals surface area contributed by atoms with E-state index < -0.39 is 5.82 Å². The number of carbonyl (C=O) groups excluding carboxylic acids is 2. The van der Waals surface area contributed by atoms with E-state index in [-0.39, 0.29) is 17.5 Å².